The summed E-state index contributed by atoms with van der Waals surface area (Å²) < 4.78 is 53.3. The van der Waals surface area contributed by atoms with Gasteiger partial charge in [-0.2, -0.15) is 10.5 Å². The number of nitrogens with one attached hydrogen (secondary N) is 1. The van der Waals surface area contributed by atoms with Gasteiger partial charge >= 0.3 is 0 Å². The van der Waals surface area contributed by atoms with Crippen LogP contribution in [0.2, 0.25) is 0 Å². The third-order valence-corrected chi connectivity index (χ3v) is 14.2. The van der Waals surface area contributed by atoms with E-state index >= 15 is 0 Å². The van der Waals surface area contributed by atoms with Crippen LogP contribution in [0.5, 0.6) is 0 Å². The van der Waals surface area contributed by atoms with Gasteiger partial charge in [0.1, 0.15) is 0 Å². The molecule has 7 aromatic rings. The number of hydrogen-bond acceptors (Lipinski definition) is 10. The molecule has 8 rings (SSSR count). The molecule has 0 saturated carbocycles. The molecule has 1 N–H and O–H groups in total. The normalized spacial score (nSPS) is 12.0. The summed E-state index contributed by atoms with van der Waals surface area (Å²) in [4.78, 5) is 34.4. The van der Waals surface area contributed by atoms with Gasteiger partial charge in [0.2, 0.25) is 19.7 Å². The number of fused-ring (bicyclic) bond motifs is 2. The maximum Gasteiger partial charge on any atom is 0.262 e. The molecule has 0 fully saturated rings. The molecular formula is C50H38N6O6S2. The minimum atomic E-state index is -3.86. The van der Waals surface area contributed by atoms with Crippen LogP contribution in [0.1, 0.15) is 33.6 Å². The number of rotatable bonds is 13. The van der Waals surface area contributed by atoms with Gasteiger partial charge in [-0.3, -0.25) is 14.5 Å². The summed E-state index contributed by atoms with van der Waals surface area (Å²) >= 11 is 0. The van der Waals surface area contributed by atoms with Gasteiger partial charge in [-0.05, 0) is 121 Å². The topological polar surface area (TPSA) is 172 Å². The molecule has 7 aromatic carbocycles. The van der Waals surface area contributed by atoms with E-state index in [-0.39, 0.29) is 43.6 Å². The molecular weight excluding hydrogens is 845 g/mol. The monoisotopic (exact) mass is 882 g/mol. The van der Waals surface area contributed by atoms with Crippen LogP contribution in [-0.2, 0) is 19.7 Å². The Bertz CT molecular complexity index is 3160. The number of para-hydroxylation sites is 1. The lowest BCUT2D eigenvalue weighted by atomic mass is 10.0. The van der Waals surface area contributed by atoms with Gasteiger partial charge in [0.25, 0.3) is 11.8 Å². The Labute approximate surface area is 371 Å². The van der Waals surface area contributed by atoms with Crippen LogP contribution in [0.15, 0.2) is 196 Å². The van der Waals surface area contributed by atoms with Crippen molar-refractivity contribution in [2.24, 2.45) is 0 Å². The van der Waals surface area contributed by atoms with E-state index in [9.17, 15) is 36.9 Å². The molecule has 1 aliphatic heterocycles. The maximum atomic E-state index is 14.9. The number of amides is 2. The zero-order valence-corrected chi connectivity index (χ0v) is 35.7. The minimum Gasteiger partial charge on any atom is -0.369 e. The van der Waals surface area contributed by atoms with Crippen LogP contribution >= 0.6 is 0 Å². The first kappa shape index (κ1) is 42.6. The van der Waals surface area contributed by atoms with E-state index < -0.39 is 31.5 Å². The first-order valence-corrected chi connectivity index (χ1v) is 23.1. The summed E-state index contributed by atoms with van der Waals surface area (Å²) in [5.41, 5.74) is 4.26. The zero-order valence-electron chi connectivity index (χ0n) is 34.1. The van der Waals surface area contributed by atoms with Crippen molar-refractivity contribution in [2.45, 2.75) is 32.4 Å². The molecule has 0 unspecified atom stereocenters. The number of hydrogen-bond donors (Lipinski definition) is 1. The van der Waals surface area contributed by atoms with Gasteiger partial charge in [-0.1, -0.05) is 54.6 Å². The van der Waals surface area contributed by atoms with Crippen molar-refractivity contribution < 1.29 is 26.4 Å². The van der Waals surface area contributed by atoms with Gasteiger partial charge in [-0.15, -0.1) is 0 Å². The highest BCUT2D eigenvalue weighted by atomic mass is 32.2. The fourth-order valence-corrected chi connectivity index (χ4v) is 10.0. The van der Waals surface area contributed by atoms with Crippen molar-refractivity contribution in [1.82, 2.24) is 0 Å². The minimum absolute atomic E-state index is 0.0252. The highest BCUT2D eigenvalue weighted by molar-refractivity contribution is 7.91. The Balaban J connectivity index is 1.21. The van der Waals surface area contributed by atoms with Gasteiger partial charge in [0.05, 0.1) is 67.3 Å². The van der Waals surface area contributed by atoms with Crippen LogP contribution in [0.25, 0.3) is 0 Å². The van der Waals surface area contributed by atoms with Gasteiger partial charge in [0, 0.05) is 41.3 Å². The highest BCUT2D eigenvalue weighted by Crippen LogP contribution is 2.53. The van der Waals surface area contributed by atoms with E-state index in [4.69, 9.17) is 0 Å². The molecule has 12 nitrogen and oxygen atoms in total. The van der Waals surface area contributed by atoms with E-state index in [0.717, 1.165) is 5.69 Å². The van der Waals surface area contributed by atoms with Gasteiger partial charge in [0.15, 0.2) is 0 Å². The quantitative estimate of drug-likeness (QED) is 0.118. The van der Waals surface area contributed by atoms with Crippen LogP contribution in [0.4, 0.5) is 39.8 Å². The van der Waals surface area contributed by atoms with Gasteiger partial charge < -0.3 is 15.1 Å². The average molecular weight is 883 g/mol. The molecule has 0 radical (unpaired) electrons. The number of carbonyl (C=O) groups is 2. The summed E-state index contributed by atoms with van der Waals surface area (Å²) in [5, 5.41) is 21.9. The molecule has 0 bridgehead atoms. The molecule has 316 valence electrons. The fourth-order valence-electron chi connectivity index (χ4n) is 7.49. The maximum absolute atomic E-state index is 14.9. The molecule has 14 heteroatoms. The van der Waals surface area contributed by atoms with Crippen molar-refractivity contribution in [3.05, 3.63) is 187 Å². The lowest BCUT2D eigenvalue weighted by Crippen LogP contribution is -2.33. The number of nitriles is 2. The third kappa shape index (κ3) is 8.43. The van der Waals surface area contributed by atoms with Crippen molar-refractivity contribution in [2.75, 3.05) is 33.1 Å². The lowest BCUT2D eigenvalue weighted by molar-refractivity contribution is 0.0996. The standard InChI is InChI=1S/C50H38N6O6S2/c51-30-10-32-54(33-11-31-52)40-23-29-46-48(35-40)55(39-12-4-1-5-13-39)47-34-38(53-49(57)36-18-24-43(25-19-36)63(59,60)41-14-6-2-7-15-41)22-28-45(47)56(46)50(58)37-20-26-44(27-21-37)64(61,62)42-16-8-3-9-17-42/h1-9,12-29,34-35H,10-11,32-33H2,(H,53,57). The molecule has 0 atom stereocenters. The smallest absolute Gasteiger partial charge is 0.262 e. The predicted octanol–water partition coefficient (Wildman–Crippen LogP) is 10.00. The Morgan fingerprint density at radius 1 is 0.516 bits per heavy atom. The molecule has 2 amide bonds. The molecule has 64 heavy (non-hydrogen) atoms. The third-order valence-electron chi connectivity index (χ3n) is 10.7. The van der Waals surface area contributed by atoms with Crippen LogP contribution in [-0.4, -0.2) is 41.7 Å². The van der Waals surface area contributed by atoms with Crippen molar-refractivity contribution >= 4 is 71.3 Å². The number of carbonyl (C=O) groups excluding carboxylic acids is 2. The lowest BCUT2D eigenvalue weighted by Gasteiger charge is -2.40. The molecule has 0 aromatic heterocycles. The average Bonchev–Trinajstić information content (AvgIpc) is 3.33. The second kappa shape index (κ2) is 18.1. The number of sulfone groups is 2. The van der Waals surface area contributed by atoms with Crippen molar-refractivity contribution in [3.63, 3.8) is 0 Å². The van der Waals surface area contributed by atoms with E-state index in [1.165, 1.54) is 72.8 Å². The largest absolute Gasteiger partial charge is 0.369 e. The second-order valence-electron chi connectivity index (χ2n) is 14.6. The van der Waals surface area contributed by atoms with E-state index in [1.54, 1.807) is 65.6 Å². The molecule has 0 saturated heterocycles. The second-order valence-corrected chi connectivity index (χ2v) is 18.5. The summed E-state index contributed by atoms with van der Waals surface area (Å²) in [6, 6.07) is 51.9. The summed E-state index contributed by atoms with van der Waals surface area (Å²) in [6.07, 6.45) is 0.423. The van der Waals surface area contributed by atoms with Crippen LogP contribution in [0.3, 0.4) is 0 Å². The van der Waals surface area contributed by atoms with Gasteiger partial charge in [-0.25, -0.2) is 16.8 Å². The molecule has 0 aliphatic carbocycles. The first-order valence-electron chi connectivity index (χ1n) is 20.1. The van der Waals surface area contributed by atoms with E-state index in [2.05, 4.69) is 17.5 Å². The molecule has 1 heterocycles. The van der Waals surface area contributed by atoms with Crippen LogP contribution in [0, 0.1) is 22.7 Å². The fraction of sp³-hybridized carbons (Fsp3) is 0.0800. The number of anilines is 7. The summed E-state index contributed by atoms with van der Waals surface area (Å²) in [5.74, 6) is -0.961. The van der Waals surface area contributed by atoms with E-state index in [0.29, 0.717) is 47.2 Å². The van der Waals surface area contributed by atoms with Crippen molar-refractivity contribution in [3.8, 4) is 12.1 Å². The Morgan fingerprint density at radius 2 is 0.969 bits per heavy atom. The molecule has 0 spiro atoms. The zero-order chi connectivity index (χ0) is 44.8. The first-order chi connectivity index (χ1) is 31.0. The number of benzene rings is 7. The number of nitrogens with zero attached hydrogens (tertiary/aromatic N) is 5. The SMILES string of the molecule is N#CCCN(CCC#N)c1ccc2c(c1)N(c1ccccc1)c1cc(NC(=O)c3ccc(S(=O)(=O)c4ccccc4)cc3)ccc1N2C(=O)c1ccc(S(=O)(=O)c2ccccc2)cc1. The van der Waals surface area contributed by atoms with Crippen LogP contribution < -0.4 is 20.0 Å². The molecule has 1 aliphatic rings. The summed E-state index contributed by atoms with van der Waals surface area (Å²) in [7, 11) is -7.67. The Hall–Kier alpha value is -8.04. The predicted molar refractivity (Wildman–Crippen MR) is 245 cm³/mol. The summed E-state index contributed by atoms with van der Waals surface area (Å²) in [6.45, 7) is 0.713. The highest BCUT2D eigenvalue weighted by Gasteiger charge is 2.35. The Kier molecular flexibility index (Phi) is 12.1. The Morgan fingerprint density at radius 3 is 1.48 bits per heavy atom. The van der Waals surface area contributed by atoms with Crippen molar-refractivity contribution in [1.29, 1.82) is 10.5 Å². The van der Waals surface area contributed by atoms with E-state index in [1.807, 2.05) is 52.3 Å².